The number of esters is 1. The number of nitrogens with one attached hydrogen (secondary N) is 1. The molecule has 1 saturated heterocycles. The van der Waals surface area contributed by atoms with Crippen LogP contribution >= 0.6 is 0 Å². The fourth-order valence-corrected chi connectivity index (χ4v) is 11.8. The molecular weight excluding hydrogens is 494 g/mol. The maximum atomic E-state index is 14.2. The molecule has 1 aliphatic heterocycles. The van der Waals surface area contributed by atoms with Gasteiger partial charge in [0.25, 0.3) is 0 Å². The van der Waals surface area contributed by atoms with E-state index in [0.29, 0.717) is 12.5 Å². The first-order valence-electron chi connectivity index (χ1n) is 16.2. The Bertz CT molecular complexity index is 1260. The monoisotopic (exact) mass is 545 g/mol. The predicted octanol–water partition coefficient (Wildman–Crippen LogP) is 7.35. The summed E-state index contributed by atoms with van der Waals surface area (Å²) in [6.45, 7) is 15.2. The topological polar surface area (TPSA) is 68.5 Å². The number of benzene rings is 1. The summed E-state index contributed by atoms with van der Waals surface area (Å²) in [7, 11) is 0. The summed E-state index contributed by atoms with van der Waals surface area (Å²) >= 11 is 0. The second-order valence-corrected chi connectivity index (χ2v) is 16.5. The molecule has 2 N–H and O–H groups in total. The lowest BCUT2D eigenvalue weighted by molar-refractivity contribution is -0.180. The van der Waals surface area contributed by atoms with Crippen LogP contribution in [0.4, 0.5) is 0 Å². The number of hydrogen-bond acceptors (Lipinski definition) is 4. The molecule has 2 unspecified atom stereocenters. The van der Waals surface area contributed by atoms with Gasteiger partial charge >= 0.3 is 5.97 Å². The van der Waals surface area contributed by atoms with Crippen LogP contribution in [0.5, 0.6) is 0 Å². The van der Waals surface area contributed by atoms with Crippen molar-refractivity contribution in [2.24, 2.45) is 38.9 Å². The number of rotatable bonds is 3. The van der Waals surface area contributed by atoms with E-state index in [1.54, 1.807) is 5.57 Å². The van der Waals surface area contributed by atoms with Crippen molar-refractivity contribution in [1.82, 2.24) is 5.32 Å². The largest absolute Gasteiger partial charge is 0.460 e. The summed E-state index contributed by atoms with van der Waals surface area (Å²) in [6, 6.07) is 10.2. The SMILES string of the molecule is CC1(C)CC[C@]2(C(=O)OCc3ccccc3)CC[C@]3(C)C(=CCC4[C@@]5(C)CCC(O)[C@]6(C)N[C@]65CC[C@]43C)[C@@H]2C1. The minimum absolute atomic E-state index is 0.0425. The van der Waals surface area contributed by atoms with Crippen LogP contribution in [-0.2, 0) is 16.1 Å². The van der Waals surface area contributed by atoms with Gasteiger partial charge in [0, 0.05) is 5.54 Å². The molecule has 4 heteroatoms. The van der Waals surface area contributed by atoms with Gasteiger partial charge in [0.05, 0.1) is 17.1 Å². The average molecular weight is 546 g/mol. The van der Waals surface area contributed by atoms with E-state index in [1.807, 2.05) is 18.2 Å². The Morgan fingerprint density at radius 1 is 0.925 bits per heavy atom. The van der Waals surface area contributed by atoms with Crippen LogP contribution < -0.4 is 5.32 Å². The van der Waals surface area contributed by atoms with E-state index < -0.39 is 5.41 Å². The molecule has 9 atom stereocenters. The number of carbonyl (C=O) groups excluding carboxylic acids is 1. The van der Waals surface area contributed by atoms with Gasteiger partial charge in [-0.1, -0.05) is 76.6 Å². The third kappa shape index (κ3) is 3.19. The fourth-order valence-electron chi connectivity index (χ4n) is 11.8. The summed E-state index contributed by atoms with van der Waals surface area (Å²) in [4.78, 5) is 14.2. The zero-order chi connectivity index (χ0) is 28.4. The van der Waals surface area contributed by atoms with Crippen LogP contribution in [-0.4, -0.2) is 28.3 Å². The predicted molar refractivity (Wildman–Crippen MR) is 158 cm³/mol. The highest BCUT2D eigenvalue weighted by atomic mass is 16.5. The standard InChI is InChI=1S/C36H51NO3/c1-30(2)16-19-35(29(39)40-23-24-10-8-7-9-11-24)20-17-31(3)25(26(35)22-30)12-13-27-32(31,4)18-21-36-33(27,5)15-14-28(38)34(36,6)37-36/h7-12,26-28,37-38H,13-23H2,1-6H3/t26-,27?,28?,31+,32+,33+,34-,35-,36-/m0/s1. The third-order valence-corrected chi connectivity index (χ3v) is 14.6. The highest BCUT2D eigenvalue weighted by Gasteiger charge is 2.81. The zero-order valence-corrected chi connectivity index (χ0v) is 25.7. The smallest absolute Gasteiger partial charge is 0.313 e. The van der Waals surface area contributed by atoms with Crippen molar-refractivity contribution in [2.75, 3.05) is 0 Å². The second-order valence-electron chi connectivity index (χ2n) is 16.5. The van der Waals surface area contributed by atoms with Gasteiger partial charge in [-0.3, -0.25) is 10.1 Å². The van der Waals surface area contributed by atoms with Gasteiger partial charge in [-0.15, -0.1) is 0 Å². The molecule has 5 aliphatic carbocycles. The summed E-state index contributed by atoms with van der Waals surface area (Å²) in [6.07, 6.45) is 12.9. The van der Waals surface area contributed by atoms with Gasteiger partial charge in [0.1, 0.15) is 6.61 Å². The number of hydrogen-bond donors (Lipinski definition) is 2. The van der Waals surface area contributed by atoms with Crippen molar-refractivity contribution in [2.45, 2.75) is 130 Å². The summed E-state index contributed by atoms with van der Waals surface area (Å²) in [5, 5.41) is 14.9. The first-order valence-corrected chi connectivity index (χ1v) is 16.2. The van der Waals surface area contributed by atoms with Crippen LogP contribution in [0.25, 0.3) is 0 Å². The molecule has 0 amide bonds. The van der Waals surface area contributed by atoms with E-state index in [9.17, 15) is 9.90 Å². The third-order valence-electron chi connectivity index (χ3n) is 14.6. The maximum Gasteiger partial charge on any atom is 0.313 e. The lowest BCUT2D eigenvalue weighted by Gasteiger charge is -2.69. The highest BCUT2D eigenvalue weighted by molar-refractivity contribution is 5.79. The van der Waals surface area contributed by atoms with Crippen molar-refractivity contribution >= 4 is 5.97 Å². The molecule has 1 aromatic rings. The number of fused-ring (bicyclic) bond motifs is 6. The molecule has 0 radical (unpaired) electrons. The second kappa shape index (κ2) is 8.25. The number of aliphatic hydroxyl groups excluding tert-OH is 1. The van der Waals surface area contributed by atoms with Crippen LogP contribution in [0.3, 0.4) is 0 Å². The van der Waals surface area contributed by atoms with Crippen LogP contribution in [0.1, 0.15) is 111 Å². The maximum absolute atomic E-state index is 14.2. The van der Waals surface area contributed by atoms with Crippen LogP contribution in [0.2, 0.25) is 0 Å². The molecule has 1 spiro atoms. The molecule has 0 aromatic heterocycles. The molecule has 1 aromatic carbocycles. The Hall–Kier alpha value is -1.65. The highest BCUT2D eigenvalue weighted by Crippen LogP contribution is 2.78. The van der Waals surface area contributed by atoms with E-state index in [2.05, 4.69) is 65.1 Å². The lowest BCUT2D eigenvalue weighted by Crippen LogP contribution is -2.66. The zero-order valence-electron chi connectivity index (χ0n) is 25.7. The van der Waals surface area contributed by atoms with Gasteiger partial charge in [-0.2, -0.15) is 0 Å². The molecule has 1 heterocycles. The van der Waals surface area contributed by atoms with Crippen molar-refractivity contribution in [3.05, 3.63) is 47.5 Å². The van der Waals surface area contributed by atoms with Crippen LogP contribution in [0, 0.1) is 38.9 Å². The van der Waals surface area contributed by atoms with E-state index in [1.165, 1.54) is 6.42 Å². The molecule has 6 aliphatic rings. The molecule has 218 valence electrons. The van der Waals surface area contributed by atoms with Crippen LogP contribution in [0.15, 0.2) is 42.0 Å². The van der Waals surface area contributed by atoms with E-state index >= 15 is 0 Å². The van der Waals surface area contributed by atoms with Gasteiger partial charge in [0.2, 0.25) is 0 Å². The van der Waals surface area contributed by atoms with Gasteiger partial charge in [-0.05, 0) is 110 Å². The average Bonchev–Trinajstić information content (AvgIpc) is 3.57. The van der Waals surface area contributed by atoms with Crippen molar-refractivity contribution in [3.63, 3.8) is 0 Å². The Labute approximate surface area is 241 Å². The molecular formula is C36H51NO3. The van der Waals surface area contributed by atoms with E-state index in [4.69, 9.17) is 4.74 Å². The Morgan fingerprint density at radius 3 is 2.40 bits per heavy atom. The number of carbonyl (C=O) groups is 1. The molecule has 7 rings (SSSR count). The Kier molecular flexibility index (Phi) is 5.61. The van der Waals surface area contributed by atoms with Crippen molar-refractivity contribution in [3.8, 4) is 0 Å². The van der Waals surface area contributed by atoms with Gasteiger partial charge in [-0.25, -0.2) is 0 Å². The normalized spacial score (nSPS) is 50.2. The fraction of sp³-hybridized carbons (Fsp3) is 0.750. The van der Waals surface area contributed by atoms with Crippen molar-refractivity contribution in [1.29, 1.82) is 0 Å². The van der Waals surface area contributed by atoms with E-state index in [-0.39, 0.29) is 50.7 Å². The number of allylic oxidation sites excluding steroid dienone is 2. The lowest BCUT2D eigenvalue weighted by atomic mass is 9.34. The molecule has 4 saturated carbocycles. The number of ether oxygens (including phenoxy) is 1. The number of aliphatic hydroxyl groups is 1. The summed E-state index contributed by atoms with van der Waals surface area (Å²) < 4.78 is 6.17. The van der Waals surface area contributed by atoms with Gasteiger partial charge < -0.3 is 9.84 Å². The van der Waals surface area contributed by atoms with Crippen molar-refractivity contribution < 1.29 is 14.6 Å². The first kappa shape index (κ1) is 27.2. The van der Waals surface area contributed by atoms with E-state index in [0.717, 1.165) is 63.4 Å². The Balaban J connectivity index is 1.25. The summed E-state index contributed by atoms with van der Waals surface area (Å²) in [5.41, 5.74) is 2.86. The quantitative estimate of drug-likeness (QED) is 0.237. The minimum atomic E-state index is -0.399. The molecule has 4 nitrogen and oxygen atoms in total. The Morgan fingerprint density at radius 2 is 1.65 bits per heavy atom. The first-order chi connectivity index (χ1) is 18.8. The summed E-state index contributed by atoms with van der Waals surface area (Å²) in [5.74, 6) is 0.886. The molecule has 40 heavy (non-hydrogen) atoms. The van der Waals surface area contributed by atoms with Gasteiger partial charge in [0.15, 0.2) is 0 Å². The molecule has 5 fully saturated rings. The minimum Gasteiger partial charge on any atom is -0.460 e. The molecule has 0 bridgehead atoms.